The molecule has 0 aromatic heterocycles. The fourth-order valence-electron chi connectivity index (χ4n) is 1.64. The van der Waals surface area contributed by atoms with E-state index in [0.29, 0.717) is 5.92 Å². The van der Waals surface area contributed by atoms with Crippen molar-refractivity contribution in [2.45, 2.75) is 32.7 Å². The molecular weight excluding hydrogens is 166 g/mol. The predicted octanol–water partition coefficient (Wildman–Crippen LogP) is 1.39. The molecule has 0 aliphatic heterocycles. The number of nitrogens with two attached hydrogens (primary N) is 1. The second kappa shape index (κ2) is 3.50. The van der Waals surface area contributed by atoms with E-state index in [-0.39, 0.29) is 5.41 Å². The van der Waals surface area contributed by atoms with Crippen LogP contribution in [0, 0.1) is 11.3 Å². The van der Waals surface area contributed by atoms with Crippen LogP contribution in [0.2, 0.25) is 0 Å². The molecule has 3 N–H and O–H groups in total. The first kappa shape index (κ1) is 10.3. The molecular formula is C10H17NO2. The molecule has 1 rings (SSSR count). The van der Waals surface area contributed by atoms with Gasteiger partial charge in [0.15, 0.2) is 0 Å². The van der Waals surface area contributed by atoms with Crippen molar-refractivity contribution in [2.24, 2.45) is 17.1 Å². The Hall–Kier alpha value is -0.830. The Balaban J connectivity index is 2.77. The Kier molecular flexibility index (Phi) is 2.76. The zero-order valence-electron chi connectivity index (χ0n) is 8.16. The van der Waals surface area contributed by atoms with Crippen LogP contribution in [-0.2, 0) is 4.79 Å². The quantitative estimate of drug-likeness (QED) is 0.636. The SMILES string of the molecule is CC1C=CC(C)([C@H](N)C(=O)O)CC1. The molecule has 74 valence electrons. The molecule has 0 saturated heterocycles. The standard InChI is InChI=1S/C10H17NO2/c1-7-3-5-10(2,6-4-7)8(11)9(12)13/h3,5,7-8H,4,6,11H2,1-2H3,(H,12,13)/t7?,8-,10?/m1/s1. The van der Waals surface area contributed by atoms with Crippen LogP contribution >= 0.6 is 0 Å². The lowest BCUT2D eigenvalue weighted by atomic mass is 9.73. The van der Waals surface area contributed by atoms with Crippen LogP contribution in [-0.4, -0.2) is 17.1 Å². The monoisotopic (exact) mass is 183 g/mol. The lowest BCUT2D eigenvalue weighted by molar-refractivity contribution is -0.141. The summed E-state index contributed by atoms with van der Waals surface area (Å²) in [7, 11) is 0. The minimum absolute atomic E-state index is 0.363. The highest BCUT2D eigenvalue weighted by atomic mass is 16.4. The molecule has 0 bridgehead atoms. The van der Waals surface area contributed by atoms with Crippen molar-refractivity contribution in [1.82, 2.24) is 0 Å². The first-order valence-electron chi connectivity index (χ1n) is 4.63. The molecule has 0 fully saturated rings. The van der Waals surface area contributed by atoms with Crippen molar-refractivity contribution < 1.29 is 9.90 Å². The van der Waals surface area contributed by atoms with Crippen LogP contribution in [0.25, 0.3) is 0 Å². The van der Waals surface area contributed by atoms with Crippen LogP contribution < -0.4 is 5.73 Å². The molecule has 0 spiro atoms. The third kappa shape index (κ3) is 2.10. The fraction of sp³-hybridized carbons (Fsp3) is 0.700. The van der Waals surface area contributed by atoms with Gasteiger partial charge in [-0.25, -0.2) is 0 Å². The number of carboxylic acid groups (broad SMARTS) is 1. The number of carbonyl (C=O) groups is 1. The highest BCUT2D eigenvalue weighted by Crippen LogP contribution is 2.35. The molecule has 3 nitrogen and oxygen atoms in total. The summed E-state index contributed by atoms with van der Waals surface area (Å²) in [5, 5.41) is 8.81. The topological polar surface area (TPSA) is 63.3 Å². The zero-order valence-corrected chi connectivity index (χ0v) is 8.16. The Morgan fingerprint density at radius 1 is 1.77 bits per heavy atom. The van der Waals surface area contributed by atoms with Crippen molar-refractivity contribution in [1.29, 1.82) is 0 Å². The second-order valence-corrected chi connectivity index (χ2v) is 4.20. The summed E-state index contributed by atoms with van der Waals surface area (Å²) in [6.45, 7) is 4.04. The summed E-state index contributed by atoms with van der Waals surface area (Å²) in [5.41, 5.74) is 5.26. The Bertz CT molecular complexity index is 237. The molecule has 1 aliphatic carbocycles. The Morgan fingerprint density at radius 2 is 2.38 bits per heavy atom. The Morgan fingerprint density at radius 3 is 2.77 bits per heavy atom. The molecule has 0 radical (unpaired) electrons. The van der Waals surface area contributed by atoms with Gasteiger partial charge in [-0.05, 0) is 18.8 Å². The van der Waals surface area contributed by atoms with E-state index < -0.39 is 12.0 Å². The number of rotatable bonds is 2. The average Bonchev–Trinajstić information content (AvgIpc) is 2.09. The maximum absolute atomic E-state index is 10.7. The van der Waals surface area contributed by atoms with E-state index in [4.69, 9.17) is 10.8 Å². The largest absolute Gasteiger partial charge is 0.480 e. The highest BCUT2D eigenvalue weighted by Gasteiger charge is 2.35. The van der Waals surface area contributed by atoms with Gasteiger partial charge >= 0.3 is 5.97 Å². The highest BCUT2D eigenvalue weighted by molar-refractivity contribution is 5.74. The summed E-state index contributed by atoms with van der Waals surface area (Å²) in [5.74, 6) is -0.365. The van der Waals surface area contributed by atoms with E-state index >= 15 is 0 Å². The fourth-order valence-corrected chi connectivity index (χ4v) is 1.64. The van der Waals surface area contributed by atoms with Gasteiger partial charge in [-0.1, -0.05) is 26.0 Å². The van der Waals surface area contributed by atoms with Gasteiger partial charge in [0, 0.05) is 5.41 Å². The van der Waals surface area contributed by atoms with Gasteiger partial charge in [-0.3, -0.25) is 4.79 Å². The van der Waals surface area contributed by atoms with Gasteiger partial charge in [0.1, 0.15) is 6.04 Å². The molecule has 3 atom stereocenters. The zero-order chi connectivity index (χ0) is 10.1. The minimum Gasteiger partial charge on any atom is -0.480 e. The minimum atomic E-state index is -0.915. The summed E-state index contributed by atoms with van der Waals surface area (Å²) < 4.78 is 0. The van der Waals surface area contributed by atoms with Gasteiger partial charge in [-0.15, -0.1) is 0 Å². The maximum Gasteiger partial charge on any atom is 0.321 e. The smallest absolute Gasteiger partial charge is 0.321 e. The van der Waals surface area contributed by atoms with E-state index in [1.54, 1.807) is 0 Å². The van der Waals surface area contributed by atoms with Crippen LogP contribution in [0.15, 0.2) is 12.2 Å². The summed E-state index contributed by atoms with van der Waals surface area (Å²) in [6.07, 6.45) is 5.90. The van der Waals surface area contributed by atoms with Gasteiger partial charge in [-0.2, -0.15) is 0 Å². The number of carboxylic acids is 1. The number of aliphatic carboxylic acids is 1. The van der Waals surface area contributed by atoms with Crippen LogP contribution in [0.3, 0.4) is 0 Å². The van der Waals surface area contributed by atoms with Crippen molar-refractivity contribution in [3.05, 3.63) is 12.2 Å². The molecule has 0 amide bonds. The first-order valence-corrected chi connectivity index (χ1v) is 4.63. The summed E-state index contributed by atoms with van der Waals surface area (Å²) >= 11 is 0. The molecule has 0 saturated carbocycles. The van der Waals surface area contributed by atoms with Crippen molar-refractivity contribution in [2.75, 3.05) is 0 Å². The molecule has 2 unspecified atom stereocenters. The average molecular weight is 183 g/mol. The van der Waals surface area contributed by atoms with Crippen LogP contribution in [0.5, 0.6) is 0 Å². The predicted molar refractivity (Wildman–Crippen MR) is 51.3 cm³/mol. The first-order chi connectivity index (χ1) is 5.96. The van der Waals surface area contributed by atoms with Crippen molar-refractivity contribution in [3.63, 3.8) is 0 Å². The molecule has 0 aromatic carbocycles. The molecule has 0 heterocycles. The van der Waals surface area contributed by atoms with E-state index in [1.165, 1.54) is 0 Å². The van der Waals surface area contributed by atoms with Crippen molar-refractivity contribution >= 4 is 5.97 Å². The van der Waals surface area contributed by atoms with E-state index in [0.717, 1.165) is 12.8 Å². The third-order valence-corrected chi connectivity index (χ3v) is 2.92. The summed E-state index contributed by atoms with van der Waals surface area (Å²) in [4.78, 5) is 10.7. The number of hydrogen-bond donors (Lipinski definition) is 2. The van der Waals surface area contributed by atoms with Crippen LogP contribution in [0.4, 0.5) is 0 Å². The molecule has 13 heavy (non-hydrogen) atoms. The van der Waals surface area contributed by atoms with Gasteiger partial charge in [0.05, 0.1) is 0 Å². The molecule has 1 aliphatic rings. The summed E-state index contributed by atoms with van der Waals surface area (Å²) in [6, 6.07) is -0.781. The van der Waals surface area contributed by atoms with E-state index in [2.05, 4.69) is 13.0 Å². The maximum atomic E-state index is 10.7. The van der Waals surface area contributed by atoms with Gasteiger partial charge in [0.25, 0.3) is 0 Å². The van der Waals surface area contributed by atoms with Crippen LogP contribution in [0.1, 0.15) is 26.7 Å². The van der Waals surface area contributed by atoms with E-state index in [1.807, 2.05) is 13.0 Å². The van der Waals surface area contributed by atoms with E-state index in [9.17, 15) is 4.79 Å². The lowest BCUT2D eigenvalue weighted by Crippen LogP contribution is -2.45. The molecule has 3 heteroatoms. The van der Waals surface area contributed by atoms with Gasteiger partial charge < -0.3 is 10.8 Å². The van der Waals surface area contributed by atoms with Crippen molar-refractivity contribution in [3.8, 4) is 0 Å². The normalized spacial score (nSPS) is 35.8. The second-order valence-electron chi connectivity index (χ2n) is 4.20. The Labute approximate surface area is 78.6 Å². The van der Waals surface area contributed by atoms with Gasteiger partial charge in [0.2, 0.25) is 0 Å². The number of allylic oxidation sites excluding steroid dienone is 1. The third-order valence-electron chi connectivity index (χ3n) is 2.92. The molecule has 0 aromatic rings. The lowest BCUT2D eigenvalue weighted by Gasteiger charge is -2.34. The number of hydrogen-bond acceptors (Lipinski definition) is 2.